The molecule has 0 radical (unpaired) electrons. The average Bonchev–Trinajstić information content (AvgIpc) is 3.04. The quantitative estimate of drug-likeness (QED) is 0.277. The van der Waals surface area contributed by atoms with Crippen LogP contribution in [-0.2, 0) is 21.5 Å². The van der Waals surface area contributed by atoms with E-state index in [1.807, 2.05) is 0 Å². The minimum absolute atomic E-state index is 0.0224. The number of thioether (sulfide) groups is 1. The molecule has 0 aliphatic carbocycles. The fourth-order valence-electron chi connectivity index (χ4n) is 3.04. The Morgan fingerprint density at radius 2 is 1.71 bits per heavy atom. The van der Waals surface area contributed by atoms with Gasteiger partial charge in [0.2, 0.25) is 0 Å². The molecule has 1 saturated heterocycles. The molecule has 3 aromatic carbocycles. The third kappa shape index (κ3) is 5.28. The standard InChI is InChI=1S/C23H14Cl2FNO5S2/c24-16-6-9-18(10-7-16)34(30,31)32-20-4-2-1-3-14(20)11-21-22(28)27(23(29)33-21)13-15-5-8-17(26)12-19(15)25/h1-12H,13H2/b21-11-. The third-order valence-corrected chi connectivity index (χ3v) is 7.48. The van der Waals surface area contributed by atoms with E-state index in [9.17, 15) is 22.4 Å². The van der Waals surface area contributed by atoms with Crippen LogP contribution >= 0.6 is 35.0 Å². The van der Waals surface area contributed by atoms with Crippen LogP contribution in [0.3, 0.4) is 0 Å². The van der Waals surface area contributed by atoms with Crippen LogP contribution in [0, 0.1) is 5.82 Å². The molecule has 0 bridgehead atoms. The van der Waals surface area contributed by atoms with Crippen LogP contribution in [0.25, 0.3) is 6.08 Å². The van der Waals surface area contributed by atoms with Crippen molar-refractivity contribution in [1.82, 2.24) is 4.90 Å². The van der Waals surface area contributed by atoms with Gasteiger partial charge in [-0.15, -0.1) is 0 Å². The van der Waals surface area contributed by atoms with Crippen molar-refractivity contribution in [2.75, 3.05) is 0 Å². The molecule has 1 aliphatic rings. The van der Waals surface area contributed by atoms with E-state index < -0.39 is 27.1 Å². The molecule has 1 fully saturated rings. The number of imide groups is 1. The lowest BCUT2D eigenvalue weighted by Crippen LogP contribution is -2.27. The summed E-state index contributed by atoms with van der Waals surface area (Å²) in [6.45, 7) is -0.135. The molecule has 174 valence electrons. The van der Waals surface area contributed by atoms with Crippen molar-refractivity contribution in [1.29, 1.82) is 0 Å². The van der Waals surface area contributed by atoms with Crippen molar-refractivity contribution in [3.63, 3.8) is 0 Å². The van der Waals surface area contributed by atoms with Crippen LogP contribution in [0.15, 0.2) is 76.5 Å². The van der Waals surface area contributed by atoms with Gasteiger partial charge in [0.1, 0.15) is 16.5 Å². The van der Waals surface area contributed by atoms with Crippen molar-refractivity contribution in [3.8, 4) is 5.75 Å². The number of benzene rings is 3. The minimum atomic E-state index is -4.17. The molecule has 4 rings (SSSR count). The van der Waals surface area contributed by atoms with Gasteiger partial charge in [-0.1, -0.05) is 47.5 Å². The summed E-state index contributed by atoms with van der Waals surface area (Å²) in [5.41, 5.74) is 0.690. The van der Waals surface area contributed by atoms with Gasteiger partial charge < -0.3 is 4.18 Å². The first-order chi connectivity index (χ1) is 16.1. The highest BCUT2D eigenvalue weighted by molar-refractivity contribution is 8.18. The fraction of sp³-hybridized carbons (Fsp3) is 0.0435. The lowest BCUT2D eigenvalue weighted by Gasteiger charge is -2.13. The maximum Gasteiger partial charge on any atom is 0.339 e. The van der Waals surface area contributed by atoms with Crippen molar-refractivity contribution >= 4 is 62.3 Å². The van der Waals surface area contributed by atoms with Gasteiger partial charge >= 0.3 is 10.1 Å². The van der Waals surface area contributed by atoms with E-state index in [0.717, 1.165) is 11.0 Å². The molecule has 1 heterocycles. The number of hydrogen-bond donors (Lipinski definition) is 0. The van der Waals surface area contributed by atoms with Crippen molar-refractivity contribution in [2.45, 2.75) is 11.4 Å². The van der Waals surface area contributed by atoms with Gasteiger partial charge in [-0.3, -0.25) is 14.5 Å². The monoisotopic (exact) mass is 537 g/mol. The molecule has 0 aromatic heterocycles. The summed E-state index contributed by atoms with van der Waals surface area (Å²) in [5, 5.41) is -0.0741. The van der Waals surface area contributed by atoms with E-state index in [2.05, 4.69) is 0 Å². The molecule has 2 amide bonds. The van der Waals surface area contributed by atoms with E-state index in [4.69, 9.17) is 27.4 Å². The van der Waals surface area contributed by atoms with Gasteiger partial charge in [-0.2, -0.15) is 8.42 Å². The Morgan fingerprint density at radius 3 is 2.41 bits per heavy atom. The maximum atomic E-state index is 13.3. The number of para-hydroxylation sites is 1. The first kappa shape index (κ1) is 24.3. The van der Waals surface area contributed by atoms with Crippen LogP contribution < -0.4 is 4.18 Å². The van der Waals surface area contributed by atoms with Gasteiger partial charge in [-0.25, -0.2) is 4.39 Å². The second kappa shape index (κ2) is 9.79. The Labute approximate surface area is 209 Å². The maximum absolute atomic E-state index is 13.3. The molecule has 3 aromatic rings. The van der Waals surface area contributed by atoms with Crippen LogP contribution in [0.1, 0.15) is 11.1 Å². The van der Waals surface area contributed by atoms with E-state index in [0.29, 0.717) is 22.3 Å². The summed E-state index contributed by atoms with van der Waals surface area (Å²) >= 11 is 12.5. The molecule has 34 heavy (non-hydrogen) atoms. The number of nitrogens with zero attached hydrogens (tertiary/aromatic N) is 1. The van der Waals surface area contributed by atoms with Gasteiger partial charge in [0, 0.05) is 15.6 Å². The Morgan fingerprint density at radius 1 is 1.00 bits per heavy atom. The molecule has 0 N–H and O–H groups in total. The number of carbonyl (C=O) groups is 2. The summed E-state index contributed by atoms with van der Waals surface area (Å²) in [4.78, 5) is 26.3. The van der Waals surface area contributed by atoms with Crippen LogP contribution in [0.4, 0.5) is 9.18 Å². The molecule has 0 saturated carbocycles. The second-order valence-corrected chi connectivity index (χ2v) is 10.4. The zero-order valence-electron chi connectivity index (χ0n) is 17.1. The number of halogens is 3. The largest absolute Gasteiger partial charge is 0.378 e. The first-order valence-electron chi connectivity index (χ1n) is 9.62. The number of hydrogen-bond acceptors (Lipinski definition) is 6. The number of rotatable bonds is 6. The average molecular weight is 538 g/mol. The molecule has 0 unspecified atom stereocenters. The smallest absolute Gasteiger partial charge is 0.339 e. The number of carbonyl (C=O) groups excluding carboxylic acids is 2. The summed E-state index contributed by atoms with van der Waals surface area (Å²) in [5.74, 6) is -1.15. The van der Waals surface area contributed by atoms with Crippen LogP contribution in [-0.4, -0.2) is 24.5 Å². The summed E-state index contributed by atoms with van der Waals surface area (Å²) in [6, 6.07) is 15.3. The van der Waals surface area contributed by atoms with Crippen LogP contribution in [0.5, 0.6) is 5.75 Å². The van der Waals surface area contributed by atoms with Gasteiger partial charge in [-0.05, 0) is 65.9 Å². The van der Waals surface area contributed by atoms with E-state index in [-0.39, 0.29) is 32.7 Å². The zero-order chi connectivity index (χ0) is 24.5. The SMILES string of the molecule is O=C1S/C(=C\c2ccccc2OS(=O)(=O)c2ccc(Cl)cc2)C(=O)N1Cc1ccc(F)cc1Cl. The van der Waals surface area contributed by atoms with Crippen LogP contribution in [0.2, 0.25) is 10.0 Å². The fourth-order valence-corrected chi connectivity index (χ4v) is 5.18. The Kier molecular flexibility index (Phi) is 6.99. The number of amides is 2. The normalized spacial score (nSPS) is 15.3. The predicted octanol–water partition coefficient (Wildman–Crippen LogP) is 6.14. The van der Waals surface area contributed by atoms with Gasteiger partial charge in [0.25, 0.3) is 11.1 Å². The Balaban J connectivity index is 1.59. The Bertz CT molecular complexity index is 1430. The Hall–Kier alpha value is -2.85. The van der Waals surface area contributed by atoms with Gasteiger partial charge in [0.15, 0.2) is 0 Å². The highest BCUT2D eigenvalue weighted by atomic mass is 35.5. The minimum Gasteiger partial charge on any atom is -0.378 e. The molecule has 0 spiro atoms. The van der Waals surface area contributed by atoms with Crippen molar-refractivity contribution in [3.05, 3.63) is 98.6 Å². The molecule has 6 nitrogen and oxygen atoms in total. The van der Waals surface area contributed by atoms with E-state index >= 15 is 0 Å². The highest BCUT2D eigenvalue weighted by Crippen LogP contribution is 2.36. The second-order valence-electron chi connectivity index (χ2n) is 7.03. The topological polar surface area (TPSA) is 80.8 Å². The molecular formula is C23H14Cl2FNO5S2. The predicted molar refractivity (Wildman–Crippen MR) is 129 cm³/mol. The lowest BCUT2D eigenvalue weighted by atomic mass is 10.1. The van der Waals surface area contributed by atoms with E-state index in [1.165, 1.54) is 48.5 Å². The summed E-state index contributed by atoms with van der Waals surface area (Å²) < 4.78 is 43.9. The molecular weight excluding hydrogens is 524 g/mol. The third-order valence-electron chi connectivity index (χ3n) is 4.72. The first-order valence-corrected chi connectivity index (χ1v) is 12.6. The van der Waals surface area contributed by atoms with Crippen molar-refractivity contribution in [2.24, 2.45) is 0 Å². The molecule has 11 heteroatoms. The summed E-state index contributed by atoms with van der Waals surface area (Å²) in [7, 11) is -4.17. The van der Waals surface area contributed by atoms with E-state index in [1.54, 1.807) is 18.2 Å². The van der Waals surface area contributed by atoms with Gasteiger partial charge in [0.05, 0.1) is 11.4 Å². The molecule has 1 aliphatic heterocycles. The lowest BCUT2D eigenvalue weighted by molar-refractivity contribution is -0.123. The summed E-state index contributed by atoms with van der Waals surface area (Å²) in [6.07, 6.45) is 1.38. The molecule has 0 atom stereocenters. The highest BCUT2D eigenvalue weighted by Gasteiger charge is 2.35. The van der Waals surface area contributed by atoms with Crippen molar-refractivity contribution < 1.29 is 26.6 Å². The zero-order valence-corrected chi connectivity index (χ0v) is 20.2.